The lowest BCUT2D eigenvalue weighted by atomic mass is 9.99. The SMILES string of the molecule is [2H]c1c([2H])c([2H])c(-c2c([2H])c([2H])c(N(c3c([2H])c([2H])c(-c4cccc5sc6ccccc6c45)c([2H])c3[2H])c3c([2H])c([2H])c([2H])c4oc5c6c([2H])c([2H])c([2H])c([2H])c6c([2H])c([2H])c5c34)c([2H])c2[2H])c([2H])c1[2H]. The van der Waals surface area contributed by atoms with Gasteiger partial charge in [-0.3, -0.25) is 0 Å². The second kappa shape index (κ2) is 11.2. The van der Waals surface area contributed by atoms with Crippen molar-refractivity contribution >= 4 is 81.3 Å². The highest BCUT2D eigenvalue weighted by molar-refractivity contribution is 7.25. The van der Waals surface area contributed by atoms with Gasteiger partial charge >= 0.3 is 0 Å². The van der Waals surface area contributed by atoms with Crippen molar-refractivity contribution in [2.75, 3.05) is 4.90 Å². The molecular weight excluding hydrogens is 615 g/mol. The maximum absolute atomic E-state index is 9.74. The van der Waals surface area contributed by atoms with Gasteiger partial charge < -0.3 is 9.32 Å². The minimum absolute atomic E-state index is 0.200. The monoisotopic (exact) mass is 665 g/mol. The number of thiophene rings is 1. The van der Waals surface area contributed by atoms with E-state index < -0.39 is 194 Å². The summed E-state index contributed by atoms with van der Waals surface area (Å²) in [6.45, 7) is 0. The molecule has 49 heavy (non-hydrogen) atoms. The van der Waals surface area contributed by atoms with E-state index in [0.29, 0.717) is 10.3 Å². The van der Waals surface area contributed by atoms with Gasteiger partial charge in [0.2, 0.25) is 0 Å². The summed E-state index contributed by atoms with van der Waals surface area (Å²) in [6.07, 6.45) is 0. The first-order valence-corrected chi connectivity index (χ1v) is 15.6. The number of nitrogens with zero attached hydrogens (tertiary/aromatic N) is 1. The van der Waals surface area contributed by atoms with Crippen LogP contribution in [0.3, 0.4) is 0 Å². The summed E-state index contributed by atoms with van der Waals surface area (Å²) < 4.78 is 207. The van der Waals surface area contributed by atoms with Crippen LogP contribution in [0.15, 0.2) is 180 Å². The summed E-state index contributed by atoms with van der Waals surface area (Å²) in [4.78, 5) is 0.627. The van der Waals surface area contributed by atoms with E-state index in [1.807, 2.05) is 24.3 Å². The van der Waals surface area contributed by atoms with Crippen LogP contribution >= 0.6 is 11.3 Å². The number of fused-ring (bicyclic) bond motifs is 8. The van der Waals surface area contributed by atoms with Crippen molar-refractivity contribution in [3.05, 3.63) is 175 Å². The molecule has 2 heterocycles. The molecule has 0 unspecified atom stereocenters. The summed E-state index contributed by atoms with van der Waals surface area (Å²) in [5.41, 5.74) is -5.14. The van der Waals surface area contributed by atoms with E-state index in [4.69, 9.17) is 20.9 Å². The minimum Gasteiger partial charge on any atom is -0.455 e. The topological polar surface area (TPSA) is 16.4 Å². The number of hydrogen-bond donors (Lipinski definition) is 0. The highest BCUT2D eigenvalue weighted by Gasteiger charge is 2.21. The Kier molecular flexibility index (Phi) is 3.15. The number of hydrogen-bond acceptors (Lipinski definition) is 3. The van der Waals surface area contributed by atoms with Gasteiger partial charge in [-0.25, -0.2) is 0 Å². The molecule has 0 saturated carbocycles. The van der Waals surface area contributed by atoms with Gasteiger partial charge in [-0.15, -0.1) is 11.3 Å². The summed E-state index contributed by atoms with van der Waals surface area (Å²) in [5.74, 6) is 0. The highest BCUT2D eigenvalue weighted by Crippen LogP contribution is 2.45. The van der Waals surface area contributed by atoms with Crippen molar-refractivity contribution in [3.63, 3.8) is 0 Å². The maximum atomic E-state index is 9.74. The van der Waals surface area contributed by atoms with Crippen LogP contribution in [0.25, 0.3) is 75.1 Å². The second-order valence-corrected chi connectivity index (χ2v) is 11.9. The van der Waals surface area contributed by atoms with E-state index >= 15 is 0 Å². The largest absolute Gasteiger partial charge is 0.455 e. The van der Waals surface area contributed by atoms with E-state index in [2.05, 4.69) is 0 Å². The van der Waals surface area contributed by atoms with E-state index in [1.165, 1.54) is 11.3 Å². The Labute approximate surface area is 318 Å². The Balaban J connectivity index is 1.41. The van der Waals surface area contributed by atoms with Gasteiger partial charge in [0.15, 0.2) is 0 Å². The van der Waals surface area contributed by atoms with Crippen molar-refractivity contribution in [3.8, 4) is 22.3 Å². The van der Waals surface area contributed by atoms with Gasteiger partial charge in [-0.1, -0.05) is 121 Å². The zero-order chi connectivity index (χ0) is 51.5. The third kappa shape index (κ3) is 4.55. The predicted molar refractivity (Wildman–Crippen MR) is 210 cm³/mol. The number of rotatable bonds is 5. The smallest absolute Gasteiger partial charge is 0.143 e. The molecule has 3 heteroatoms. The summed E-state index contributed by atoms with van der Waals surface area (Å²) >= 11 is 1.43. The van der Waals surface area contributed by atoms with E-state index in [0.717, 1.165) is 14.8 Å². The average molecular weight is 666 g/mol. The molecule has 0 fully saturated rings. The second-order valence-electron chi connectivity index (χ2n) is 10.8. The zero-order valence-electron chi connectivity index (χ0n) is 46.8. The Morgan fingerprint density at radius 1 is 0.490 bits per heavy atom. The number of furan rings is 1. The first-order chi connectivity index (χ1) is 33.5. The van der Waals surface area contributed by atoms with Crippen molar-refractivity contribution in [2.24, 2.45) is 0 Å². The zero-order valence-corrected chi connectivity index (χ0v) is 25.6. The Bertz CT molecular complexity index is 4020. The van der Waals surface area contributed by atoms with Crippen molar-refractivity contribution in [1.82, 2.24) is 0 Å². The van der Waals surface area contributed by atoms with E-state index in [1.54, 1.807) is 18.2 Å². The molecule has 0 radical (unpaired) electrons. The van der Waals surface area contributed by atoms with Crippen LogP contribution in [0.4, 0.5) is 17.1 Å². The molecule has 0 spiro atoms. The van der Waals surface area contributed by atoms with Crippen LogP contribution in [-0.2, 0) is 0 Å². The lowest BCUT2D eigenvalue weighted by Crippen LogP contribution is -2.10. The maximum Gasteiger partial charge on any atom is 0.143 e. The fourth-order valence-corrected chi connectivity index (χ4v) is 7.04. The van der Waals surface area contributed by atoms with Crippen LogP contribution in [0.1, 0.15) is 30.2 Å². The Morgan fingerprint density at radius 2 is 1.20 bits per heavy atom. The summed E-state index contributed by atoms with van der Waals surface area (Å²) in [5, 5.41) is -0.600. The molecule has 0 N–H and O–H groups in total. The van der Waals surface area contributed by atoms with Crippen LogP contribution < -0.4 is 4.90 Å². The van der Waals surface area contributed by atoms with Crippen molar-refractivity contribution in [1.29, 1.82) is 0 Å². The molecule has 0 saturated heterocycles. The van der Waals surface area contributed by atoms with Crippen LogP contribution in [0.2, 0.25) is 0 Å². The molecule has 2 aromatic heterocycles. The summed E-state index contributed by atoms with van der Waals surface area (Å²) in [6, 6.07) is -6.53. The third-order valence-electron chi connectivity index (χ3n) is 8.05. The van der Waals surface area contributed by atoms with E-state index in [-0.39, 0.29) is 11.1 Å². The van der Waals surface area contributed by atoms with Gasteiger partial charge in [0.1, 0.15) is 11.2 Å². The molecule has 0 aliphatic rings. The first kappa shape index (κ1) is 13.8. The molecule has 10 aromatic rings. The molecule has 2 nitrogen and oxygen atoms in total. The van der Waals surface area contributed by atoms with Crippen LogP contribution in [0.5, 0.6) is 0 Å². The van der Waals surface area contributed by atoms with Gasteiger partial charge in [-0.05, 0) is 82.1 Å². The standard InChI is InChI=1S/C46H29NOS/c1-2-10-30(11-3-1)31-20-25-34(26-21-31)47(40-16-9-17-41-45(40)39-29-24-32-12-4-5-13-37(32)46(39)48-41)35-27-22-33(23-28-35)36-15-8-19-43-44(36)38-14-6-7-18-42(38)49-43/h1-29H/i1D,2D,3D,4D,5D,9D,10D,11D,12D,13D,16D,17D,20D,21D,22D,23D,24D,25D,26D,27D,28D,29D. The molecule has 0 amide bonds. The Hall–Kier alpha value is -6.16. The van der Waals surface area contributed by atoms with Gasteiger partial charge in [0, 0.05) is 42.3 Å². The summed E-state index contributed by atoms with van der Waals surface area (Å²) in [7, 11) is 0. The molecule has 0 aliphatic heterocycles. The quantitative estimate of drug-likeness (QED) is 0.182. The third-order valence-corrected chi connectivity index (χ3v) is 9.18. The molecule has 230 valence electrons. The predicted octanol–water partition coefficient (Wildman–Crippen LogP) is 13.9. The Morgan fingerprint density at radius 3 is 2.04 bits per heavy atom. The molecule has 0 bridgehead atoms. The lowest BCUT2D eigenvalue weighted by Gasteiger charge is -2.26. The van der Waals surface area contributed by atoms with Gasteiger partial charge in [0.25, 0.3) is 0 Å². The highest BCUT2D eigenvalue weighted by atomic mass is 32.1. The van der Waals surface area contributed by atoms with Crippen LogP contribution in [-0.4, -0.2) is 0 Å². The fourth-order valence-electron chi connectivity index (χ4n) is 5.91. The molecule has 8 aromatic carbocycles. The number of anilines is 3. The molecule has 0 atom stereocenters. The number of benzene rings is 8. The van der Waals surface area contributed by atoms with Crippen molar-refractivity contribution in [2.45, 2.75) is 0 Å². The molecular formula is C46H29NOS. The lowest BCUT2D eigenvalue weighted by molar-refractivity contribution is 0.672. The van der Waals surface area contributed by atoms with Gasteiger partial charge in [-0.2, -0.15) is 0 Å². The van der Waals surface area contributed by atoms with E-state index in [9.17, 15) is 13.7 Å². The van der Waals surface area contributed by atoms with Crippen molar-refractivity contribution < 1.29 is 34.6 Å². The average Bonchev–Trinajstić information content (AvgIpc) is 3.94. The van der Waals surface area contributed by atoms with Crippen LogP contribution in [0, 0.1) is 0 Å². The first-order valence-electron chi connectivity index (χ1n) is 25.8. The molecule has 0 aliphatic carbocycles. The fraction of sp³-hybridized carbons (Fsp3) is 0. The van der Waals surface area contributed by atoms with Gasteiger partial charge in [0.05, 0.1) is 41.2 Å². The minimum atomic E-state index is -1.09. The molecule has 10 rings (SSSR count). The normalized spacial score (nSPS) is 18.0.